The van der Waals surface area contributed by atoms with Gasteiger partial charge in [-0.2, -0.15) is 0 Å². The monoisotopic (exact) mass is 515 g/mol. The van der Waals surface area contributed by atoms with Crippen molar-refractivity contribution in [1.29, 1.82) is 0 Å². The lowest BCUT2D eigenvalue weighted by Crippen LogP contribution is -2.67. The van der Waals surface area contributed by atoms with Gasteiger partial charge in [-0.1, -0.05) is 48.5 Å². The van der Waals surface area contributed by atoms with Crippen LogP contribution in [0.2, 0.25) is 0 Å². The molecule has 3 N–H and O–H groups in total. The maximum atomic E-state index is 13.8. The van der Waals surface area contributed by atoms with E-state index in [1.165, 1.54) is 25.7 Å². The zero-order valence-corrected chi connectivity index (χ0v) is 24.5. The summed E-state index contributed by atoms with van der Waals surface area (Å²) < 4.78 is 0. The molecule has 0 saturated heterocycles. The SMILES string of the molecule is CC(C)[C@@H]1CC[C@]2(C(=O)NCC(=O)O)CC[C@]3(C)C(CC[C@@H]4[C@@]5(C)CC[C@@H](O)C(C)(C)[C@@H]5CC[C@]43C)[C@H]12. The van der Waals surface area contributed by atoms with E-state index in [1.54, 1.807) is 0 Å². The van der Waals surface area contributed by atoms with Gasteiger partial charge in [0.2, 0.25) is 5.91 Å². The fraction of sp³-hybridized carbons (Fsp3) is 0.938. The molecule has 5 rings (SSSR count). The van der Waals surface area contributed by atoms with E-state index >= 15 is 0 Å². The summed E-state index contributed by atoms with van der Waals surface area (Å²) in [4.78, 5) is 25.1. The zero-order valence-electron chi connectivity index (χ0n) is 24.5. The van der Waals surface area contributed by atoms with Crippen LogP contribution in [0.25, 0.3) is 0 Å². The van der Waals surface area contributed by atoms with Crippen molar-refractivity contribution >= 4 is 11.9 Å². The van der Waals surface area contributed by atoms with Crippen molar-refractivity contribution in [2.45, 2.75) is 119 Å². The van der Waals surface area contributed by atoms with Gasteiger partial charge < -0.3 is 15.5 Å². The van der Waals surface area contributed by atoms with E-state index in [1.807, 2.05) is 0 Å². The summed E-state index contributed by atoms with van der Waals surface area (Å²) in [5.41, 5.74) is 0.223. The number of amides is 1. The Kier molecular flexibility index (Phi) is 6.46. The molecule has 5 saturated carbocycles. The molecule has 10 atom stereocenters. The van der Waals surface area contributed by atoms with Crippen LogP contribution in [-0.2, 0) is 9.59 Å². The highest BCUT2D eigenvalue weighted by molar-refractivity contribution is 5.86. The molecule has 0 aromatic rings. The third kappa shape index (κ3) is 3.57. The smallest absolute Gasteiger partial charge is 0.322 e. The summed E-state index contributed by atoms with van der Waals surface area (Å²) in [6.45, 7) is 16.8. The molecule has 5 aliphatic carbocycles. The van der Waals surface area contributed by atoms with Gasteiger partial charge in [-0.15, -0.1) is 0 Å². The second-order valence-electron chi connectivity index (χ2n) is 15.7. The molecule has 210 valence electrons. The Morgan fingerprint density at radius 3 is 2.19 bits per heavy atom. The van der Waals surface area contributed by atoms with Gasteiger partial charge in [-0.25, -0.2) is 0 Å². The van der Waals surface area contributed by atoms with Gasteiger partial charge in [0.25, 0.3) is 0 Å². The summed E-state index contributed by atoms with van der Waals surface area (Å²) >= 11 is 0. The second kappa shape index (κ2) is 8.70. The Balaban J connectivity index is 1.52. The molecule has 5 aliphatic rings. The van der Waals surface area contributed by atoms with Crippen molar-refractivity contribution < 1.29 is 19.8 Å². The van der Waals surface area contributed by atoms with Crippen molar-refractivity contribution in [3.05, 3.63) is 0 Å². The highest BCUT2D eigenvalue weighted by atomic mass is 16.4. The lowest BCUT2D eigenvalue weighted by atomic mass is 9.32. The van der Waals surface area contributed by atoms with Crippen molar-refractivity contribution in [2.24, 2.45) is 62.6 Å². The Bertz CT molecular complexity index is 945. The number of rotatable bonds is 4. The molecule has 1 amide bonds. The summed E-state index contributed by atoms with van der Waals surface area (Å²) in [6, 6.07) is 0. The van der Waals surface area contributed by atoms with E-state index in [4.69, 9.17) is 0 Å². The third-order valence-corrected chi connectivity index (χ3v) is 14.2. The summed E-state index contributed by atoms with van der Waals surface area (Å²) in [5.74, 6) is 2.16. The van der Waals surface area contributed by atoms with Crippen molar-refractivity contribution in [1.82, 2.24) is 5.32 Å². The minimum atomic E-state index is -0.959. The number of carbonyl (C=O) groups is 2. The maximum Gasteiger partial charge on any atom is 0.322 e. The number of fused-ring (bicyclic) bond motifs is 7. The molecule has 0 spiro atoms. The van der Waals surface area contributed by atoms with Gasteiger partial charge >= 0.3 is 5.97 Å². The van der Waals surface area contributed by atoms with Crippen LogP contribution in [0, 0.1) is 62.6 Å². The van der Waals surface area contributed by atoms with Crippen molar-refractivity contribution in [2.75, 3.05) is 6.54 Å². The first-order valence-electron chi connectivity index (χ1n) is 15.3. The van der Waals surface area contributed by atoms with Crippen LogP contribution >= 0.6 is 0 Å². The van der Waals surface area contributed by atoms with E-state index in [-0.39, 0.29) is 40.2 Å². The Hall–Kier alpha value is -1.10. The summed E-state index contributed by atoms with van der Waals surface area (Å²) in [7, 11) is 0. The van der Waals surface area contributed by atoms with E-state index in [9.17, 15) is 19.8 Å². The fourth-order valence-corrected chi connectivity index (χ4v) is 12.1. The predicted molar refractivity (Wildman–Crippen MR) is 146 cm³/mol. The molecule has 0 radical (unpaired) electrons. The molecule has 0 aromatic carbocycles. The molecule has 1 unspecified atom stereocenters. The van der Waals surface area contributed by atoms with Gasteiger partial charge in [0.15, 0.2) is 0 Å². The van der Waals surface area contributed by atoms with Crippen LogP contribution in [0.4, 0.5) is 0 Å². The third-order valence-electron chi connectivity index (χ3n) is 14.2. The van der Waals surface area contributed by atoms with Crippen molar-refractivity contribution in [3.63, 3.8) is 0 Å². The highest BCUT2D eigenvalue weighted by Crippen LogP contribution is 2.77. The molecule has 0 aromatic heterocycles. The van der Waals surface area contributed by atoms with Crippen LogP contribution in [0.5, 0.6) is 0 Å². The molecule has 0 heterocycles. The average Bonchev–Trinajstić information content (AvgIpc) is 3.22. The molecule has 5 heteroatoms. The van der Waals surface area contributed by atoms with Crippen LogP contribution < -0.4 is 5.32 Å². The standard InChI is InChI=1S/C32H53NO4/c1-19(2)20-10-15-32(27(37)33-18-25(35)36)17-16-30(6)21(26(20)32)8-9-23-29(5)13-12-24(34)28(3,4)22(29)11-14-31(23,30)7/h19-24,26,34H,8-18H2,1-7H3,(H,33,37)(H,35,36)/t20-,21?,22-,23+,24+,26-,29-,30+,31+,32-/m0/s1. The van der Waals surface area contributed by atoms with Gasteiger partial charge in [-0.3, -0.25) is 9.59 Å². The van der Waals surface area contributed by atoms with E-state index in [0.717, 1.165) is 38.5 Å². The lowest BCUT2D eigenvalue weighted by molar-refractivity contribution is -0.248. The molecule has 5 fully saturated rings. The highest BCUT2D eigenvalue weighted by Gasteiger charge is 2.71. The van der Waals surface area contributed by atoms with Gasteiger partial charge in [0.1, 0.15) is 6.54 Å². The first-order chi connectivity index (χ1) is 17.1. The summed E-state index contributed by atoms with van der Waals surface area (Å²) in [5, 5.41) is 23.1. The Morgan fingerprint density at radius 2 is 1.54 bits per heavy atom. The Labute approximate surface area is 224 Å². The number of aliphatic hydroxyl groups is 1. The van der Waals surface area contributed by atoms with Crippen molar-refractivity contribution in [3.8, 4) is 0 Å². The zero-order chi connectivity index (χ0) is 27.2. The number of aliphatic hydroxyl groups excluding tert-OH is 1. The second-order valence-corrected chi connectivity index (χ2v) is 15.7. The number of carboxylic acid groups (broad SMARTS) is 1. The predicted octanol–water partition coefficient (Wildman–Crippen LogP) is 6.29. The molecule has 37 heavy (non-hydrogen) atoms. The van der Waals surface area contributed by atoms with Gasteiger partial charge in [0, 0.05) is 0 Å². The average molecular weight is 516 g/mol. The minimum Gasteiger partial charge on any atom is -0.480 e. The topological polar surface area (TPSA) is 86.6 Å². The molecule has 0 aliphatic heterocycles. The molecular weight excluding hydrogens is 462 g/mol. The number of hydrogen-bond acceptors (Lipinski definition) is 3. The van der Waals surface area contributed by atoms with Crippen LogP contribution in [0.3, 0.4) is 0 Å². The van der Waals surface area contributed by atoms with Crippen LogP contribution in [0.15, 0.2) is 0 Å². The number of nitrogens with one attached hydrogen (secondary N) is 1. The maximum absolute atomic E-state index is 13.8. The number of carboxylic acids is 1. The first kappa shape index (κ1) is 27.5. The molecule has 5 nitrogen and oxygen atoms in total. The Morgan fingerprint density at radius 1 is 0.838 bits per heavy atom. The van der Waals surface area contributed by atoms with Gasteiger partial charge in [0.05, 0.1) is 11.5 Å². The fourth-order valence-electron chi connectivity index (χ4n) is 12.1. The lowest BCUT2D eigenvalue weighted by Gasteiger charge is -2.72. The van der Waals surface area contributed by atoms with Crippen LogP contribution in [0.1, 0.15) is 113 Å². The van der Waals surface area contributed by atoms with E-state index in [2.05, 4.69) is 53.8 Å². The number of carbonyl (C=O) groups excluding carboxylic acids is 1. The minimum absolute atomic E-state index is 0.0102. The molecule has 0 bridgehead atoms. The number of hydrogen-bond donors (Lipinski definition) is 3. The quantitative estimate of drug-likeness (QED) is 0.411. The van der Waals surface area contributed by atoms with Gasteiger partial charge in [-0.05, 0) is 121 Å². The largest absolute Gasteiger partial charge is 0.480 e. The molecular formula is C32H53NO4. The normalized spacial score (nSPS) is 50.4. The first-order valence-corrected chi connectivity index (χ1v) is 15.3. The van der Waals surface area contributed by atoms with E-state index < -0.39 is 11.4 Å². The summed E-state index contributed by atoms with van der Waals surface area (Å²) in [6.07, 6.45) is 10.6. The van der Waals surface area contributed by atoms with Crippen LogP contribution in [-0.4, -0.2) is 34.7 Å². The number of aliphatic carboxylic acids is 1. The van der Waals surface area contributed by atoms with E-state index in [0.29, 0.717) is 35.5 Å².